The Bertz CT molecular complexity index is 1160. The summed E-state index contributed by atoms with van der Waals surface area (Å²) in [6, 6.07) is 4.84. The Kier molecular flexibility index (Phi) is 8.05. The highest BCUT2D eigenvalue weighted by Crippen LogP contribution is 2.40. The summed E-state index contributed by atoms with van der Waals surface area (Å²) in [7, 11) is 1.62. The maximum atomic E-state index is 13.1. The number of carbonyl (C=O) groups is 2. The van der Waals surface area contributed by atoms with Crippen molar-refractivity contribution >= 4 is 11.9 Å². The van der Waals surface area contributed by atoms with E-state index in [0.717, 1.165) is 5.56 Å². The molecule has 0 radical (unpaired) electrons. The van der Waals surface area contributed by atoms with E-state index in [1.54, 1.807) is 13.2 Å². The van der Waals surface area contributed by atoms with Gasteiger partial charge in [-0.05, 0) is 35.4 Å². The minimum absolute atomic E-state index is 0.0590. The van der Waals surface area contributed by atoms with Crippen molar-refractivity contribution in [2.45, 2.75) is 53.5 Å². The van der Waals surface area contributed by atoms with Gasteiger partial charge in [0.15, 0.2) is 5.43 Å². The predicted octanol–water partition coefficient (Wildman–Crippen LogP) is 4.58. The zero-order chi connectivity index (χ0) is 25.9. The number of benzene rings is 1. The van der Waals surface area contributed by atoms with Crippen molar-refractivity contribution in [2.75, 3.05) is 26.9 Å². The molecule has 3 rings (SSSR count). The molecule has 1 aliphatic heterocycles. The molecule has 35 heavy (non-hydrogen) atoms. The lowest BCUT2D eigenvalue weighted by Crippen LogP contribution is -2.28. The standard InChI is InChI=1S/C27H35NO7/c1-16(2)21-10-17-11-24(34-9-7-8-33-6)19(26(32)35-15-27(3,4)5)12-18(17)22-13-23(29)20(25(30)31)14-28(21)22/h11-14,16,21H,7-10,15H2,1-6H3,(H,30,31). The van der Waals surface area contributed by atoms with Crippen LogP contribution in [0.3, 0.4) is 0 Å². The predicted molar refractivity (Wildman–Crippen MR) is 132 cm³/mol. The van der Waals surface area contributed by atoms with Gasteiger partial charge in [0.2, 0.25) is 0 Å². The Morgan fingerprint density at radius 3 is 2.46 bits per heavy atom. The van der Waals surface area contributed by atoms with Crippen LogP contribution in [0.15, 0.2) is 29.2 Å². The second kappa shape index (κ2) is 10.6. The number of hydrogen-bond acceptors (Lipinski definition) is 6. The van der Waals surface area contributed by atoms with E-state index in [0.29, 0.717) is 43.1 Å². The van der Waals surface area contributed by atoms with E-state index in [9.17, 15) is 19.5 Å². The van der Waals surface area contributed by atoms with Crippen LogP contribution in [0, 0.1) is 11.3 Å². The summed E-state index contributed by atoms with van der Waals surface area (Å²) in [5.74, 6) is -1.16. The highest BCUT2D eigenvalue weighted by Gasteiger charge is 2.30. The van der Waals surface area contributed by atoms with Gasteiger partial charge in [0.1, 0.15) is 16.9 Å². The van der Waals surface area contributed by atoms with E-state index in [4.69, 9.17) is 14.2 Å². The van der Waals surface area contributed by atoms with Crippen LogP contribution in [0.25, 0.3) is 11.3 Å². The molecular formula is C27H35NO7. The van der Waals surface area contributed by atoms with Crippen LogP contribution in [0.2, 0.25) is 0 Å². The second-order valence-electron chi connectivity index (χ2n) is 10.5. The number of ether oxygens (including phenoxy) is 3. The van der Waals surface area contributed by atoms with Crippen molar-refractivity contribution < 1.29 is 28.9 Å². The maximum Gasteiger partial charge on any atom is 0.341 e. The molecule has 0 saturated carbocycles. The molecule has 0 fully saturated rings. The molecule has 0 spiro atoms. The fraction of sp³-hybridized carbons (Fsp3) is 0.519. The average Bonchev–Trinajstić information content (AvgIpc) is 2.78. The largest absolute Gasteiger partial charge is 0.493 e. The zero-order valence-electron chi connectivity index (χ0n) is 21.3. The van der Waals surface area contributed by atoms with E-state index in [1.165, 1.54) is 12.3 Å². The zero-order valence-corrected chi connectivity index (χ0v) is 21.3. The Morgan fingerprint density at radius 1 is 1.14 bits per heavy atom. The minimum atomic E-state index is -1.26. The van der Waals surface area contributed by atoms with E-state index < -0.39 is 17.4 Å². The van der Waals surface area contributed by atoms with Crippen LogP contribution in [0.1, 0.15) is 73.4 Å². The number of aromatic nitrogens is 1. The van der Waals surface area contributed by atoms with Crippen molar-refractivity contribution in [1.82, 2.24) is 4.57 Å². The molecule has 0 bridgehead atoms. The van der Waals surface area contributed by atoms with Crippen LogP contribution in [0.5, 0.6) is 5.75 Å². The number of carbonyl (C=O) groups excluding carboxylic acids is 1. The fourth-order valence-electron chi connectivity index (χ4n) is 4.13. The number of hydrogen-bond donors (Lipinski definition) is 1. The molecule has 1 aromatic carbocycles. The van der Waals surface area contributed by atoms with Crippen LogP contribution >= 0.6 is 0 Å². The summed E-state index contributed by atoms with van der Waals surface area (Å²) in [5.41, 5.74) is 1.43. The number of aromatic carboxylic acids is 1. The van der Waals surface area contributed by atoms with Crippen LogP contribution in [-0.2, 0) is 15.9 Å². The summed E-state index contributed by atoms with van der Waals surface area (Å²) < 4.78 is 18.5. The van der Waals surface area contributed by atoms with Gasteiger partial charge >= 0.3 is 11.9 Å². The number of carboxylic acids is 1. The van der Waals surface area contributed by atoms with E-state index >= 15 is 0 Å². The SMILES string of the molecule is COCCCOc1cc2c(cc1C(=O)OCC(C)(C)C)-c1cc(=O)c(C(=O)O)cn1C(C(C)C)C2. The van der Waals surface area contributed by atoms with E-state index in [-0.39, 0.29) is 35.1 Å². The second-order valence-corrected chi connectivity index (χ2v) is 10.5. The molecular weight excluding hydrogens is 450 g/mol. The van der Waals surface area contributed by atoms with Crippen molar-refractivity contribution in [2.24, 2.45) is 11.3 Å². The summed E-state index contributed by atoms with van der Waals surface area (Å²) >= 11 is 0. The summed E-state index contributed by atoms with van der Waals surface area (Å²) in [5, 5.41) is 9.49. The third-order valence-electron chi connectivity index (χ3n) is 5.95. The molecule has 1 aliphatic rings. The van der Waals surface area contributed by atoms with E-state index in [1.807, 2.05) is 31.4 Å². The number of methoxy groups -OCH3 is 1. The third kappa shape index (κ3) is 6.11. The highest BCUT2D eigenvalue weighted by atomic mass is 16.5. The number of rotatable bonds is 9. The Balaban J connectivity index is 2.14. The van der Waals surface area contributed by atoms with Crippen LogP contribution in [-0.4, -0.2) is 48.5 Å². The van der Waals surface area contributed by atoms with Gasteiger partial charge in [-0.15, -0.1) is 0 Å². The topological polar surface area (TPSA) is 104 Å². The molecule has 1 unspecified atom stereocenters. The third-order valence-corrected chi connectivity index (χ3v) is 5.95. The quantitative estimate of drug-likeness (QED) is 0.409. The molecule has 1 aromatic heterocycles. The first-order valence-corrected chi connectivity index (χ1v) is 11.9. The van der Waals surface area contributed by atoms with Crippen LogP contribution < -0.4 is 10.2 Å². The van der Waals surface area contributed by atoms with Crippen molar-refractivity contribution in [1.29, 1.82) is 0 Å². The first kappa shape index (κ1) is 26.5. The fourth-order valence-corrected chi connectivity index (χ4v) is 4.13. The number of pyridine rings is 1. The Hall–Kier alpha value is -3.13. The number of nitrogens with zero attached hydrogens (tertiary/aromatic N) is 1. The number of esters is 1. The van der Waals surface area contributed by atoms with Gasteiger partial charge in [0.25, 0.3) is 0 Å². The molecule has 1 atom stereocenters. The monoisotopic (exact) mass is 485 g/mol. The molecule has 0 aliphatic carbocycles. The molecule has 1 N–H and O–H groups in total. The minimum Gasteiger partial charge on any atom is -0.493 e. The number of fused-ring (bicyclic) bond motifs is 3. The molecule has 0 amide bonds. The van der Waals surface area contributed by atoms with Crippen molar-refractivity contribution in [3.63, 3.8) is 0 Å². The van der Waals surface area contributed by atoms with Gasteiger partial charge in [0, 0.05) is 44.0 Å². The van der Waals surface area contributed by atoms with Crippen molar-refractivity contribution in [3.05, 3.63) is 51.3 Å². The molecule has 0 saturated heterocycles. The van der Waals surface area contributed by atoms with Crippen molar-refractivity contribution in [3.8, 4) is 17.0 Å². The molecule has 2 aromatic rings. The molecule has 190 valence electrons. The Morgan fingerprint density at radius 2 is 1.86 bits per heavy atom. The normalized spacial score (nSPS) is 14.9. The maximum absolute atomic E-state index is 13.1. The molecule has 8 nitrogen and oxygen atoms in total. The first-order chi connectivity index (χ1) is 16.4. The Labute approximate surface area is 205 Å². The lowest BCUT2D eigenvalue weighted by molar-refractivity contribution is 0.0362. The first-order valence-electron chi connectivity index (χ1n) is 11.9. The van der Waals surface area contributed by atoms with Gasteiger partial charge in [-0.2, -0.15) is 0 Å². The van der Waals surface area contributed by atoms with Gasteiger partial charge in [-0.1, -0.05) is 34.6 Å². The van der Waals surface area contributed by atoms with Gasteiger partial charge < -0.3 is 23.9 Å². The lowest BCUT2D eigenvalue weighted by Gasteiger charge is -2.34. The highest BCUT2D eigenvalue weighted by molar-refractivity contribution is 5.95. The number of carboxylic acid groups (broad SMARTS) is 1. The van der Waals surface area contributed by atoms with Gasteiger partial charge in [-0.3, -0.25) is 4.79 Å². The van der Waals surface area contributed by atoms with Crippen LogP contribution in [0.4, 0.5) is 0 Å². The molecule has 8 heteroatoms. The smallest absolute Gasteiger partial charge is 0.341 e. The summed E-state index contributed by atoms with van der Waals surface area (Å²) in [4.78, 5) is 37.3. The van der Waals surface area contributed by atoms with E-state index in [2.05, 4.69) is 13.8 Å². The average molecular weight is 486 g/mol. The summed E-state index contributed by atoms with van der Waals surface area (Å²) in [6.45, 7) is 11.2. The molecule has 2 heterocycles. The lowest BCUT2D eigenvalue weighted by atomic mass is 9.86. The van der Waals surface area contributed by atoms with Gasteiger partial charge in [-0.25, -0.2) is 9.59 Å². The summed E-state index contributed by atoms with van der Waals surface area (Å²) in [6.07, 6.45) is 2.68. The van der Waals surface area contributed by atoms with Gasteiger partial charge in [0.05, 0.1) is 18.9 Å².